The highest BCUT2D eigenvalue weighted by atomic mass is 19.1. The average molecular weight is 250 g/mol. The third kappa shape index (κ3) is 2.69. The SMILES string of the molecule is Cc1ccc(C#Cc2cccc(F)c2C2CC2)cc1. The van der Waals surface area contributed by atoms with Crippen LogP contribution < -0.4 is 0 Å². The minimum absolute atomic E-state index is 0.113. The molecule has 0 amide bonds. The molecule has 1 heteroatoms. The van der Waals surface area contributed by atoms with Crippen molar-refractivity contribution in [3.05, 3.63) is 70.5 Å². The Morgan fingerprint density at radius 1 is 1.00 bits per heavy atom. The van der Waals surface area contributed by atoms with E-state index in [4.69, 9.17) is 0 Å². The summed E-state index contributed by atoms with van der Waals surface area (Å²) in [7, 11) is 0. The van der Waals surface area contributed by atoms with Gasteiger partial charge in [-0.05, 0) is 49.9 Å². The fourth-order valence-electron chi connectivity index (χ4n) is 2.21. The van der Waals surface area contributed by atoms with E-state index in [9.17, 15) is 4.39 Å². The summed E-state index contributed by atoms with van der Waals surface area (Å²) in [6, 6.07) is 13.3. The lowest BCUT2D eigenvalue weighted by atomic mass is 10.0. The summed E-state index contributed by atoms with van der Waals surface area (Å²) >= 11 is 0. The molecule has 1 aliphatic carbocycles. The Morgan fingerprint density at radius 3 is 2.42 bits per heavy atom. The van der Waals surface area contributed by atoms with Gasteiger partial charge in [-0.15, -0.1) is 0 Å². The van der Waals surface area contributed by atoms with E-state index < -0.39 is 0 Å². The molecule has 1 fully saturated rings. The smallest absolute Gasteiger partial charge is 0.127 e. The standard InChI is InChI=1S/C18H15F/c1-13-5-7-14(8-6-13)9-10-15-3-2-4-17(19)18(15)16-11-12-16/h2-8,16H,11-12H2,1H3. The molecule has 0 N–H and O–H groups in total. The summed E-state index contributed by atoms with van der Waals surface area (Å²) in [5.41, 5.74) is 3.83. The van der Waals surface area contributed by atoms with Crippen molar-refractivity contribution in [3.8, 4) is 11.8 Å². The normalized spacial score (nSPS) is 13.8. The summed E-state index contributed by atoms with van der Waals surface area (Å²) in [5, 5.41) is 0. The van der Waals surface area contributed by atoms with E-state index in [-0.39, 0.29) is 5.82 Å². The molecule has 0 aromatic heterocycles. The quantitative estimate of drug-likeness (QED) is 0.658. The third-order valence-corrected chi connectivity index (χ3v) is 3.43. The minimum atomic E-state index is -0.113. The van der Waals surface area contributed by atoms with Crippen LogP contribution in [0.25, 0.3) is 0 Å². The van der Waals surface area contributed by atoms with Gasteiger partial charge in [0, 0.05) is 16.7 Å². The molecule has 0 spiro atoms. The molecule has 0 nitrogen and oxygen atoms in total. The van der Waals surface area contributed by atoms with Gasteiger partial charge in [-0.3, -0.25) is 0 Å². The second-order valence-corrected chi connectivity index (χ2v) is 5.09. The van der Waals surface area contributed by atoms with Crippen molar-refractivity contribution in [3.63, 3.8) is 0 Å². The van der Waals surface area contributed by atoms with Gasteiger partial charge in [-0.1, -0.05) is 35.6 Å². The molecule has 94 valence electrons. The molecule has 0 bridgehead atoms. The highest BCUT2D eigenvalue weighted by molar-refractivity contribution is 5.49. The van der Waals surface area contributed by atoms with E-state index >= 15 is 0 Å². The van der Waals surface area contributed by atoms with E-state index in [1.54, 1.807) is 6.07 Å². The van der Waals surface area contributed by atoms with E-state index in [1.807, 2.05) is 30.3 Å². The summed E-state index contributed by atoms with van der Waals surface area (Å²) < 4.78 is 13.9. The molecule has 0 unspecified atom stereocenters. The first kappa shape index (κ1) is 12.0. The average Bonchev–Trinajstić information content (AvgIpc) is 3.22. The van der Waals surface area contributed by atoms with Crippen LogP contribution in [0.5, 0.6) is 0 Å². The van der Waals surface area contributed by atoms with E-state index in [1.165, 1.54) is 11.6 Å². The maximum atomic E-state index is 13.9. The zero-order valence-corrected chi connectivity index (χ0v) is 10.9. The molecule has 0 atom stereocenters. The first-order valence-electron chi connectivity index (χ1n) is 6.61. The van der Waals surface area contributed by atoms with Crippen LogP contribution in [0.1, 0.15) is 41.0 Å². The number of hydrogen-bond donors (Lipinski definition) is 0. The molecule has 0 aliphatic heterocycles. The largest absolute Gasteiger partial charge is 0.207 e. The first-order valence-corrected chi connectivity index (χ1v) is 6.61. The van der Waals surface area contributed by atoms with Crippen LogP contribution in [0, 0.1) is 24.6 Å². The minimum Gasteiger partial charge on any atom is -0.207 e. The topological polar surface area (TPSA) is 0 Å². The van der Waals surface area contributed by atoms with Gasteiger partial charge in [0.2, 0.25) is 0 Å². The summed E-state index contributed by atoms with van der Waals surface area (Å²) in [6.45, 7) is 2.05. The maximum Gasteiger partial charge on any atom is 0.127 e. The fourth-order valence-corrected chi connectivity index (χ4v) is 2.21. The van der Waals surface area contributed by atoms with Crippen LogP contribution in [0.3, 0.4) is 0 Å². The lowest BCUT2D eigenvalue weighted by molar-refractivity contribution is 0.610. The summed E-state index contributed by atoms with van der Waals surface area (Å²) in [4.78, 5) is 0. The molecule has 0 heterocycles. The van der Waals surface area contributed by atoms with Crippen LogP contribution >= 0.6 is 0 Å². The number of halogens is 1. The number of hydrogen-bond acceptors (Lipinski definition) is 0. The summed E-state index contributed by atoms with van der Waals surface area (Å²) in [6.07, 6.45) is 2.17. The zero-order valence-electron chi connectivity index (χ0n) is 10.9. The Balaban J connectivity index is 1.96. The van der Waals surface area contributed by atoms with Crippen molar-refractivity contribution in [1.82, 2.24) is 0 Å². The van der Waals surface area contributed by atoms with Crippen LogP contribution in [0.15, 0.2) is 42.5 Å². The van der Waals surface area contributed by atoms with Crippen LogP contribution in [-0.4, -0.2) is 0 Å². The zero-order chi connectivity index (χ0) is 13.2. The monoisotopic (exact) mass is 250 g/mol. The van der Waals surface area contributed by atoms with Gasteiger partial charge >= 0.3 is 0 Å². The van der Waals surface area contributed by atoms with Crippen molar-refractivity contribution in [1.29, 1.82) is 0 Å². The molecule has 0 radical (unpaired) electrons. The van der Waals surface area contributed by atoms with E-state index in [0.29, 0.717) is 5.92 Å². The predicted molar refractivity (Wildman–Crippen MR) is 75.5 cm³/mol. The predicted octanol–water partition coefficient (Wildman–Crippen LogP) is 4.41. The van der Waals surface area contributed by atoms with Crippen LogP contribution in [0.2, 0.25) is 0 Å². The van der Waals surface area contributed by atoms with Gasteiger partial charge in [0.15, 0.2) is 0 Å². The third-order valence-electron chi connectivity index (χ3n) is 3.43. The second-order valence-electron chi connectivity index (χ2n) is 5.09. The number of aryl methyl sites for hydroxylation is 1. The molecule has 1 saturated carbocycles. The van der Waals surface area contributed by atoms with Crippen molar-refractivity contribution in [2.45, 2.75) is 25.7 Å². The first-order chi connectivity index (χ1) is 9.24. The summed E-state index contributed by atoms with van der Waals surface area (Å²) in [5.74, 6) is 6.51. The molecule has 2 aromatic rings. The fraction of sp³-hybridized carbons (Fsp3) is 0.222. The lowest BCUT2D eigenvalue weighted by Gasteiger charge is -2.03. The van der Waals surface area contributed by atoms with Crippen molar-refractivity contribution >= 4 is 0 Å². The van der Waals surface area contributed by atoms with Crippen molar-refractivity contribution in [2.24, 2.45) is 0 Å². The van der Waals surface area contributed by atoms with Crippen molar-refractivity contribution < 1.29 is 4.39 Å². The Kier molecular flexibility index (Phi) is 3.09. The molecule has 0 saturated heterocycles. The molecular formula is C18H15F. The molecular weight excluding hydrogens is 235 g/mol. The molecule has 2 aromatic carbocycles. The maximum absolute atomic E-state index is 13.9. The molecule has 3 rings (SSSR count). The van der Waals surface area contributed by atoms with E-state index in [2.05, 4.69) is 18.8 Å². The van der Waals surface area contributed by atoms with E-state index in [0.717, 1.165) is 29.5 Å². The Hall–Kier alpha value is -2.07. The molecule has 1 aliphatic rings. The van der Waals surface area contributed by atoms with Gasteiger partial charge in [-0.25, -0.2) is 4.39 Å². The van der Waals surface area contributed by atoms with Gasteiger partial charge in [-0.2, -0.15) is 0 Å². The number of benzene rings is 2. The Morgan fingerprint density at radius 2 is 1.74 bits per heavy atom. The van der Waals surface area contributed by atoms with Crippen molar-refractivity contribution in [2.75, 3.05) is 0 Å². The highest BCUT2D eigenvalue weighted by Gasteiger charge is 2.28. The van der Waals surface area contributed by atoms with Gasteiger partial charge in [0.05, 0.1) is 0 Å². The second kappa shape index (κ2) is 4.90. The van der Waals surface area contributed by atoms with Gasteiger partial charge in [0.1, 0.15) is 5.82 Å². The van der Waals surface area contributed by atoms with Crippen LogP contribution in [-0.2, 0) is 0 Å². The van der Waals surface area contributed by atoms with Crippen LogP contribution in [0.4, 0.5) is 4.39 Å². The lowest BCUT2D eigenvalue weighted by Crippen LogP contribution is -1.92. The molecule has 19 heavy (non-hydrogen) atoms. The van der Waals surface area contributed by atoms with Gasteiger partial charge < -0.3 is 0 Å². The highest BCUT2D eigenvalue weighted by Crippen LogP contribution is 2.42. The number of rotatable bonds is 1. The Labute approximate surface area is 113 Å². The Bertz CT molecular complexity index is 652. The van der Waals surface area contributed by atoms with Gasteiger partial charge in [0.25, 0.3) is 0 Å².